The molecule has 5 nitrogen and oxygen atoms in total. The molecule has 0 aliphatic carbocycles. The Hall–Kier alpha value is -2.64. The summed E-state index contributed by atoms with van der Waals surface area (Å²) in [6.45, 7) is 0.432. The Morgan fingerprint density at radius 1 is 1.17 bits per heavy atom. The number of hydrogen-bond donors (Lipinski definition) is 1. The Bertz CT molecular complexity index is 977. The van der Waals surface area contributed by atoms with Crippen LogP contribution >= 0.6 is 11.3 Å². The van der Waals surface area contributed by atoms with Crippen molar-refractivity contribution in [1.29, 1.82) is 0 Å². The molecular formula is C16H12FN5S. The Morgan fingerprint density at radius 3 is 2.70 bits per heavy atom. The zero-order chi connectivity index (χ0) is 15.8. The minimum atomic E-state index is -0.472. The number of pyridine rings is 2. The van der Waals surface area contributed by atoms with Crippen LogP contribution in [0.5, 0.6) is 0 Å². The van der Waals surface area contributed by atoms with Crippen LogP contribution in [0.2, 0.25) is 0 Å². The second-order valence-electron chi connectivity index (χ2n) is 5.02. The lowest BCUT2D eigenvalue weighted by Crippen LogP contribution is -1.98. The van der Waals surface area contributed by atoms with E-state index in [1.165, 1.54) is 0 Å². The molecule has 0 saturated heterocycles. The van der Waals surface area contributed by atoms with Gasteiger partial charge in [-0.25, -0.2) is 9.50 Å². The van der Waals surface area contributed by atoms with Gasteiger partial charge in [0.25, 0.3) is 5.26 Å². The predicted molar refractivity (Wildman–Crippen MR) is 87.4 cm³/mol. The third-order valence-corrected chi connectivity index (χ3v) is 4.24. The van der Waals surface area contributed by atoms with E-state index in [1.54, 1.807) is 22.3 Å². The van der Waals surface area contributed by atoms with Crippen LogP contribution in [0.3, 0.4) is 0 Å². The summed E-state index contributed by atoms with van der Waals surface area (Å²) >= 11 is 0.961. The van der Waals surface area contributed by atoms with Gasteiger partial charge in [0.05, 0.1) is 5.52 Å². The lowest BCUT2D eigenvalue weighted by atomic mass is 10.0. The highest BCUT2D eigenvalue weighted by molar-refractivity contribution is 7.08. The first-order valence-electron chi connectivity index (χ1n) is 6.99. The van der Waals surface area contributed by atoms with Gasteiger partial charge in [-0.05, 0) is 29.3 Å². The van der Waals surface area contributed by atoms with Gasteiger partial charge in [-0.15, -0.1) is 0 Å². The van der Waals surface area contributed by atoms with E-state index in [2.05, 4.69) is 15.1 Å². The molecule has 114 valence electrons. The monoisotopic (exact) mass is 325 g/mol. The molecule has 0 aliphatic heterocycles. The van der Waals surface area contributed by atoms with Crippen LogP contribution in [0.15, 0.2) is 48.2 Å². The van der Waals surface area contributed by atoms with Crippen LogP contribution in [0, 0.1) is 5.26 Å². The summed E-state index contributed by atoms with van der Waals surface area (Å²) in [5.74, 6) is 0. The highest BCUT2D eigenvalue weighted by Gasteiger charge is 2.18. The lowest BCUT2D eigenvalue weighted by Gasteiger charge is -2.02. The van der Waals surface area contributed by atoms with Gasteiger partial charge in [-0.3, -0.25) is 4.98 Å². The van der Waals surface area contributed by atoms with Crippen molar-refractivity contribution in [2.75, 3.05) is 0 Å². The molecule has 4 aromatic heterocycles. The van der Waals surface area contributed by atoms with Crippen molar-refractivity contribution in [3.05, 3.63) is 59.1 Å². The first kappa shape index (κ1) is 14.0. The van der Waals surface area contributed by atoms with Crippen molar-refractivity contribution in [2.45, 2.75) is 6.54 Å². The molecule has 2 N–H and O–H groups in total. The fourth-order valence-electron chi connectivity index (χ4n) is 2.56. The van der Waals surface area contributed by atoms with Crippen LogP contribution in [0.4, 0.5) is 4.39 Å². The van der Waals surface area contributed by atoms with Crippen molar-refractivity contribution in [3.8, 4) is 22.5 Å². The average Bonchev–Trinajstić information content (AvgIpc) is 3.18. The van der Waals surface area contributed by atoms with E-state index >= 15 is 0 Å². The SMILES string of the molecule is NCc1ccc2c(-c3ccncc3)c(-c3csc(F)n3)nn2c1. The summed E-state index contributed by atoms with van der Waals surface area (Å²) in [5, 5.41) is 5.80. The molecule has 23 heavy (non-hydrogen) atoms. The summed E-state index contributed by atoms with van der Waals surface area (Å²) in [6, 6.07) is 7.74. The van der Waals surface area contributed by atoms with Crippen molar-refractivity contribution in [2.24, 2.45) is 5.73 Å². The minimum absolute atomic E-state index is 0.432. The summed E-state index contributed by atoms with van der Waals surface area (Å²) in [5.41, 5.74) is 10.6. The van der Waals surface area contributed by atoms with Gasteiger partial charge in [-0.1, -0.05) is 17.4 Å². The number of aromatic nitrogens is 4. The van der Waals surface area contributed by atoms with E-state index in [1.807, 2.05) is 30.5 Å². The van der Waals surface area contributed by atoms with Gasteiger partial charge in [0.1, 0.15) is 11.4 Å². The standard InChI is InChI=1S/C16H12FN5S/c17-16-20-12(9-23-16)15-14(11-3-5-19-6-4-11)13-2-1-10(7-18)8-22(13)21-15/h1-6,8-9H,7,18H2. The van der Waals surface area contributed by atoms with Crippen LogP contribution in [-0.2, 0) is 6.54 Å². The molecule has 0 fully saturated rings. The molecule has 0 atom stereocenters. The van der Waals surface area contributed by atoms with E-state index in [0.717, 1.165) is 33.5 Å². The number of thiazole rings is 1. The van der Waals surface area contributed by atoms with E-state index < -0.39 is 5.26 Å². The third-order valence-electron chi connectivity index (χ3n) is 3.61. The number of halogens is 1. The van der Waals surface area contributed by atoms with E-state index in [9.17, 15) is 4.39 Å². The van der Waals surface area contributed by atoms with Gasteiger partial charge in [0.2, 0.25) is 0 Å². The molecule has 0 amide bonds. The van der Waals surface area contributed by atoms with Gasteiger partial charge in [-0.2, -0.15) is 9.49 Å². The quantitative estimate of drug-likeness (QED) is 0.628. The van der Waals surface area contributed by atoms with E-state index in [4.69, 9.17) is 5.73 Å². The van der Waals surface area contributed by atoms with Crippen molar-refractivity contribution in [1.82, 2.24) is 19.6 Å². The molecule has 0 spiro atoms. The average molecular weight is 325 g/mol. The van der Waals surface area contributed by atoms with Gasteiger partial charge in [0.15, 0.2) is 0 Å². The summed E-state index contributed by atoms with van der Waals surface area (Å²) in [6.07, 6.45) is 5.32. The van der Waals surface area contributed by atoms with Crippen LogP contribution in [0.1, 0.15) is 5.56 Å². The maximum absolute atomic E-state index is 13.4. The molecule has 0 bridgehead atoms. The van der Waals surface area contributed by atoms with Crippen LogP contribution in [0.25, 0.3) is 28.0 Å². The number of rotatable bonds is 3. The van der Waals surface area contributed by atoms with Gasteiger partial charge >= 0.3 is 0 Å². The highest BCUT2D eigenvalue weighted by Crippen LogP contribution is 2.35. The number of hydrogen-bond acceptors (Lipinski definition) is 5. The topological polar surface area (TPSA) is 69.1 Å². The van der Waals surface area contributed by atoms with Crippen molar-refractivity contribution in [3.63, 3.8) is 0 Å². The maximum Gasteiger partial charge on any atom is 0.269 e. The molecule has 7 heteroatoms. The Balaban J connectivity index is 2.04. The third kappa shape index (κ3) is 2.39. The summed E-state index contributed by atoms with van der Waals surface area (Å²) in [7, 11) is 0. The van der Waals surface area contributed by atoms with Crippen molar-refractivity contribution >= 4 is 16.9 Å². The molecule has 4 aromatic rings. The lowest BCUT2D eigenvalue weighted by molar-refractivity contribution is 0.618. The Morgan fingerprint density at radius 2 is 2.00 bits per heavy atom. The molecular weight excluding hydrogens is 313 g/mol. The normalized spacial score (nSPS) is 11.2. The molecule has 0 aromatic carbocycles. The maximum atomic E-state index is 13.4. The summed E-state index contributed by atoms with van der Waals surface area (Å²) in [4.78, 5) is 7.99. The molecule has 0 radical (unpaired) electrons. The summed E-state index contributed by atoms with van der Waals surface area (Å²) < 4.78 is 15.1. The Labute approximate surface area is 135 Å². The smallest absolute Gasteiger partial charge is 0.269 e. The van der Waals surface area contributed by atoms with Gasteiger partial charge in [0, 0.05) is 36.1 Å². The fraction of sp³-hybridized carbons (Fsp3) is 0.0625. The highest BCUT2D eigenvalue weighted by atomic mass is 32.1. The minimum Gasteiger partial charge on any atom is -0.326 e. The Kier molecular flexibility index (Phi) is 3.36. The first-order chi connectivity index (χ1) is 11.3. The molecule has 0 aliphatic rings. The first-order valence-corrected chi connectivity index (χ1v) is 7.87. The van der Waals surface area contributed by atoms with E-state index in [-0.39, 0.29) is 0 Å². The van der Waals surface area contributed by atoms with E-state index in [0.29, 0.717) is 17.9 Å². The van der Waals surface area contributed by atoms with Crippen LogP contribution in [-0.4, -0.2) is 19.6 Å². The number of nitrogens with zero attached hydrogens (tertiary/aromatic N) is 4. The largest absolute Gasteiger partial charge is 0.326 e. The molecule has 4 rings (SSSR count). The molecule has 0 unspecified atom stereocenters. The predicted octanol–water partition coefficient (Wildman–Crippen LogP) is 3.12. The number of fused-ring (bicyclic) bond motifs is 1. The zero-order valence-electron chi connectivity index (χ0n) is 12.0. The van der Waals surface area contributed by atoms with Crippen LogP contribution < -0.4 is 5.73 Å². The molecule has 0 saturated carbocycles. The fourth-order valence-corrected chi connectivity index (χ4v) is 3.08. The second kappa shape index (κ2) is 5.53. The zero-order valence-corrected chi connectivity index (χ0v) is 12.8. The number of nitrogens with two attached hydrogens (primary N) is 1. The second-order valence-corrected chi connectivity index (χ2v) is 5.82. The van der Waals surface area contributed by atoms with Crippen molar-refractivity contribution < 1.29 is 4.39 Å². The van der Waals surface area contributed by atoms with Gasteiger partial charge < -0.3 is 5.73 Å². The molecule has 4 heterocycles.